The Labute approximate surface area is 154 Å². The number of hydrogen-bond acceptors (Lipinski definition) is 0. The zero-order valence-corrected chi connectivity index (χ0v) is 20.3. The van der Waals surface area contributed by atoms with Crippen molar-refractivity contribution >= 4 is 0 Å². The summed E-state index contributed by atoms with van der Waals surface area (Å²) >= 11 is 0. The van der Waals surface area contributed by atoms with Crippen molar-refractivity contribution in [3.8, 4) is 0 Å². The minimum absolute atomic E-state index is 0.614. The van der Waals surface area contributed by atoms with Crippen molar-refractivity contribution in [2.75, 3.05) is 0 Å². The third kappa shape index (κ3) is 39.1. The molecule has 0 aromatic heterocycles. The molecular weight excluding hydrogens is 276 g/mol. The van der Waals surface area contributed by atoms with Crippen molar-refractivity contribution in [2.24, 2.45) is 11.3 Å². The standard InChI is InChI=1S/C13H28.5C2H6/c1-6-9-12(4)11-13(5,8-3)10-7-2;5*1-2/h12H,6-11H2,1-5H3;5*1-2H3. The van der Waals surface area contributed by atoms with E-state index in [-0.39, 0.29) is 0 Å². The second kappa shape index (κ2) is 43.1. The second-order valence-electron chi connectivity index (χ2n) is 5.01. The van der Waals surface area contributed by atoms with Gasteiger partial charge in [0, 0.05) is 0 Å². The first-order valence-electron chi connectivity index (χ1n) is 11.1. The summed E-state index contributed by atoms with van der Waals surface area (Å²) in [7, 11) is 0. The molecule has 0 rings (SSSR count). The molecule has 0 saturated carbocycles. The highest BCUT2D eigenvalue weighted by Crippen LogP contribution is 2.35. The summed E-state index contributed by atoms with van der Waals surface area (Å²) in [6, 6.07) is 0. The zero-order chi connectivity index (χ0) is 20.3. The monoisotopic (exact) mass is 334 g/mol. The molecule has 0 aromatic carbocycles. The molecule has 0 fully saturated rings. The van der Waals surface area contributed by atoms with Gasteiger partial charge in [-0.2, -0.15) is 0 Å². The fraction of sp³-hybridized carbons (Fsp3) is 1.00. The van der Waals surface area contributed by atoms with E-state index < -0.39 is 0 Å². The Kier molecular flexibility index (Phi) is 72.2. The Morgan fingerprint density at radius 3 is 1.22 bits per heavy atom. The quantitative estimate of drug-likeness (QED) is 0.434. The van der Waals surface area contributed by atoms with E-state index in [0.717, 1.165) is 5.92 Å². The highest BCUT2D eigenvalue weighted by molar-refractivity contribution is 4.74. The molecule has 2 atom stereocenters. The van der Waals surface area contributed by atoms with E-state index in [9.17, 15) is 0 Å². The van der Waals surface area contributed by atoms with Crippen molar-refractivity contribution in [2.45, 2.75) is 142 Å². The number of rotatable bonds is 7. The third-order valence-corrected chi connectivity index (χ3v) is 3.33. The van der Waals surface area contributed by atoms with Gasteiger partial charge in [-0.3, -0.25) is 0 Å². The largest absolute Gasteiger partial charge is 0.0683 e. The van der Waals surface area contributed by atoms with Crippen LogP contribution in [0.25, 0.3) is 0 Å². The molecule has 0 aliphatic heterocycles. The van der Waals surface area contributed by atoms with Crippen molar-refractivity contribution in [1.82, 2.24) is 0 Å². The van der Waals surface area contributed by atoms with Crippen LogP contribution in [0.2, 0.25) is 0 Å². The van der Waals surface area contributed by atoms with Crippen LogP contribution in [0.5, 0.6) is 0 Å². The van der Waals surface area contributed by atoms with Gasteiger partial charge < -0.3 is 0 Å². The van der Waals surface area contributed by atoms with Crippen molar-refractivity contribution < 1.29 is 0 Å². The van der Waals surface area contributed by atoms with Crippen LogP contribution in [0.1, 0.15) is 142 Å². The van der Waals surface area contributed by atoms with Gasteiger partial charge >= 0.3 is 0 Å². The first-order chi connectivity index (χ1) is 11.1. The first-order valence-corrected chi connectivity index (χ1v) is 11.1. The molecular formula is C23H58. The topological polar surface area (TPSA) is 0 Å². The lowest BCUT2D eigenvalue weighted by Crippen LogP contribution is -2.18. The molecule has 23 heavy (non-hydrogen) atoms. The minimum Gasteiger partial charge on any atom is -0.0683 e. The molecule has 2 unspecified atom stereocenters. The van der Waals surface area contributed by atoms with E-state index in [1.807, 2.05) is 69.2 Å². The van der Waals surface area contributed by atoms with E-state index in [0.29, 0.717) is 5.41 Å². The van der Waals surface area contributed by atoms with Gasteiger partial charge in [0.2, 0.25) is 0 Å². The summed E-state index contributed by atoms with van der Waals surface area (Å²) in [5.41, 5.74) is 0.614. The van der Waals surface area contributed by atoms with Crippen LogP contribution >= 0.6 is 0 Å². The van der Waals surface area contributed by atoms with Crippen molar-refractivity contribution in [3.63, 3.8) is 0 Å². The summed E-state index contributed by atoms with van der Waals surface area (Å²) in [4.78, 5) is 0. The SMILES string of the molecule is CC.CC.CC.CC.CC.CCCC(C)CC(C)(CC)CCC. The third-order valence-electron chi connectivity index (χ3n) is 3.33. The van der Waals surface area contributed by atoms with Gasteiger partial charge in [0.1, 0.15) is 0 Å². The van der Waals surface area contributed by atoms with E-state index >= 15 is 0 Å². The molecule has 0 radical (unpaired) electrons. The summed E-state index contributed by atoms with van der Waals surface area (Å²) < 4.78 is 0. The molecule has 0 spiro atoms. The van der Waals surface area contributed by atoms with Gasteiger partial charge in [-0.25, -0.2) is 0 Å². The molecule has 0 aliphatic carbocycles. The lowest BCUT2D eigenvalue weighted by Gasteiger charge is -2.31. The predicted molar refractivity (Wildman–Crippen MR) is 119 cm³/mol. The summed E-state index contributed by atoms with van der Waals surface area (Å²) in [6.45, 7) is 31.8. The highest BCUT2D eigenvalue weighted by atomic mass is 14.3. The van der Waals surface area contributed by atoms with E-state index in [4.69, 9.17) is 0 Å². The summed E-state index contributed by atoms with van der Waals surface area (Å²) in [5.74, 6) is 0.918. The van der Waals surface area contributed by atoms with E-state index in [2.05, 4.69) is 34.6 Å². The van der Waals surface area contributed by atoms with Gasteiger partial charge in [0.05, 0.1) is 0 Å². The first kappa shape index (κ1) is 38.5. The maximum atomic E-state index is 2.46. The lowest BCUT2D eigenvalue weighted by molar-refractivity contribution is 0.211. The fourth-order valence-electron chi connectivity index (χ4n) is 2.46. The predicted octanol–water partition coefficient (Wildman–Crippen LogP) is 10.2. The maximum absolute atomic E-state index is 2.46. The van der Waals surface area contributed by atoms with Gasteiger partial charge in [-0.05, 0) is 24.2 Å². The Morgan fingerprint density at radius 1 is 0.652 bits per heavy atom. The van der Waals surface area contributed by atoms with Crippen LogP contribution in [0.3, 0.4) is 0 Å². The summed E-state index contributed by atoms with van der Waals surface area (Å²) in [6.07, 6.45) is 8.24. The fourth-order valence-corrected chi connectivity index (χ4v) is 2.46. The van der Waals surface area contributed by atoms with Gasteiger partial charge in [0.15, 0.2) is 0 Å². The molecule has 0 aromatic rings. The Bertz CT molecular complexity index is 117. The molecule has 0 bridgehead atoms. The van der Waals surface area contributed by atoms with Crippen LogP contribution in [0.4, 0.5) is 0 Å². The van der Waals surface area contributed by atoms with Crippen LogP contribution in [0, 0.1) is 11.3 Å². The molecule has 0 N–H and O–H groups in total. The molecule has 150 valence electrons. The van der Waals surface area contributed by atoms with Crippen molar-refractivity contribution in [1.29, 1.82) is 0 Å². The van der Waals surface area contributed by atoms with Crippen LogP contribution in [0.15, 0.2) is 0 Å². The molecule has 0 heterocycles. The van der Waals surface area contributed by atoms with Gasteiger partial charge in [-0.1, -0.05) is 130 Å². The van der Waals surface area contributed by atoms with Gasteiger partial charge in [0.25, 0.3) is 0 Å². The molecule has 0 nitrogen and oxygen atoms in total. The average Bonchev–Trinajstić information content (AvgIpc) is 2.64. The zero-order valence-electron chi connectivity index (χ0n) is 20.3. The molecule has 0 saturated heterocycles. The lowest BCUT2D eigenvalue weighted by atomic mass is 9.75. The maximum Gasteiger partial charge on any atom is -0.0326 e. The molecule has 0 heteroatoms. The van der Waals surface area contributed by atoms with E-state index in [1.54, 1.807) is 0 Å². The van der Waals surface area contributed by atoms with Crippen LogP contribution < -0.4 is 0 Å². The van der Waals surface area contributed by atoms with Gasteiger partial charge in [-0.15, -0.1) is 0 Å². The molecule has 0 aliphatic rings. The summed E-state index contributed by atoms with van der Waals surface area (Å²) in [5, 5.41) is 0. The van der Waals surface area contributed by atoms with Crippen molar-refractivity contribution in [3.05, 3.63) is 0 Å². The number of hydrogen-bond donors (Lipinski definition) is 0. The van der Waals surface area contributed by atoms with Crippen LogP contribution in [-0.4, -0.2) is 0 Å². The van der Waals surface area contributed by atoms with Crippen LogP contribution in [-0.2, 0) is 0 Å². The minimum atomic E-state index is 0.614. The van der Waals surface area contributed by atoms with E-state index in [1.165, 1.54) is 38.5 Å². The smallest absolute Gasteiger partial charge is 0.0326 e. The Hall–Kier alpha value is 0. The highest BCUT2D eigenvalue weighted by Gasteiger charge is 2.22. The second-order valence-corrected chi connectivity index (χ2v) is 5.01. The Morgan fingerprint density at radius 2 is 1.00 bits per heavy atom. The normalized spacial score (nSPS) is 11.6. The Balaban J connectivity index is -0.0000000611. The molecule has 0 amide bonds. The average molecular weight is 335 g/mol.